The lowest BCUT2D eigenvalue weighted by Gasteiger charge is -2.37. The zero-order valence-electron chi connectivity index (χ0n) is 14.0. The van der Waals surface area contributed by atoms with Crippen molar-refractivity contribution in [1.29, 1.82) is 0 Å². The van der Waals surface area contributed by atoms with Crippen LogP contribution in [-0.2, 0) is 4.74 Å². The molecule has 0 saturated carbocycles. The molecule has 0 fully saturated rings. The Bertz CT molecular complexity index is 828. The molecule has 3 atom stereocenters. The first-order chi connectivity index (χ1) is 12.2. The molecule has 4 heteroatoms. The second kappa shape index (κ2) is 6.36. The third kappa shape index (κ3) is 2.82. The number of rotatable bonds is 3. The summed E-state index contributed by atoms with van der Waals surface area (Å²) >= 11 is 0. The van der Waals surface area contributed by atoms with E-state index in [-0.39, 0.29) is 23.7 Å². The number of nitrogens with one attached hydrogen (secondary N) is 1. The van der Waals surface area contributed by atoms with Crippen molar-refractivity contribution >= 4 is 11.7 Å². The highest BCUT2D eigenvalue weighted by atomic mass is 19.1. The van der Waals surface area contributed by atoms with Gasteiger partial charge in [0, 0.05) is 11.6 Å². The number of ether oxygens (including phenoxy) is 1. The number of fused-ring (bicyclic) bond motifs is 3. The Morgan fingerprint density at radius 2 is 2.04 bits per heavy atom. The van der Waals surface area contributed by atoms with Gasteiger partial charge in [-0.05, 0) is 60.7 Å². The Kier molecular flexibility index (Phi) is 4.04. The van der Waals surface area contributed by atoms with Gasteiger partial charge in [-0.25, -0.2) is 9.18 Å². The number of carbonyl (C=O) groups is 1. The Balaban J connectivity index is 1.71. The van der Waals surface area contributed by atoms with Crippen LogP contribution in [0.25, 0.3) is 0 Å². The molecule has 128 valence electrons. The summed E-state index contributed by atoms with van der Waals surface area (Å²) in [6, 6.07) is 12.5. The van der Waals surface area contributed by atoms with E-state index in [1.54, 1.807) is 13.0 Å². The van der Waals surface area contributed by atoms with Crippen LogP contribution in [0.15, 0.2) is 54.6 Å². The van der Waals surface area contributed by atoms with Gasteiger partial charge in [-0.1, -0.05) is 24.3 Å². The third-order valence-electron chi connectivity index (χ3n) is 5.10. The summed E-state index contributed by atoms with van der Waals surface area (Å²) in [7, 11) is 0. The molecule has 2 aromatic rings. The number of allylic oxidation sites excluding steroid dienone is 2. The van der Waals surface area contributed by atoms with Gasteiger partial charge in [0.1, 0.15) is 5.82 Å². The first-order valence-electron chi connectivity index (χ1n) is 8.67. The number of benzene rings is 2. The second-order valence-corrected chi connectivity index (χ2v) is 6.55. The molecule has 1 aliphatic heterocycles. The van der Waals surface area contributed by atoms with Crippen molar-refractivity contribution < 1.29 is 13.9 Å². The monoisotopic (exact) mass is 337 g/mol. The van der Waals surface area contributed by atoms with E-state index in [1.165, 1.54) is 12.1 Å². The molecule has 4 rings (SSSR count). The minimum atomic E-state index is -0.288. The van der Waals surface area contributed by atoms with Crippen LogP contribution in [0.1, 0.15) is 46.8 Å². The number of esters is 1. The van der Waals surface area contributed by atoms with Crippen LogP contribution < -0.4 is 5.32 Å². The van der Waals surface area contributed by atoms with Gasteiger partial charge >= 0.3 is 5.97 Å². The van der Waals surface area contributed by atoms with Gasteiger partial charge < -0.3 is 10.1 Å². The zero-order valence-corrected chi connectivity index (χ0v) is 14.0. The molecule has 2 aromatic carbocycles. The summed E-state index contributed by atoms with van der Waals surface area (Å²) < 4.78 is 18.4. The van der Waals surface area contributed by atoms with E-state index in [0.717, 1.165) is 23.2 Å². The average molecular weight is 337 g/mol. The molecule has 0 spiro atoms. The summed E-state index contributed by atoms with van der Waals surface area (Å²) in [5.41, 5.74) is 3.82. The normalized spacial score (nSPS) is 23.5. The minimum Gasteiger partial charge on any atom is -0.462 e. The van der Waals surface area contributed by atoms with Crippen molar-refractivity contribution in [2.45, 2.75) is 25.3 Å². The third-order valence-corrected chi connectivity index (χ3v) is 5.10. The molecule has 2 aliphatic rings. The van der Waals surface area contributed by atoms with Gasteiger partial charge in [0.2, 0.25) is 0 Å². The summed E-state index contributed by atoms with van der Waals surface area (Å²) in [6.45, 7) is 2.17. The smallest absolute Gasteiger partial charge is 0.338 e. The number of hydrogen-bond donors (Lipinski definition) is 1. The Labute approximate surface area is 146 Å². The number of hydrogen-bond acceptors (Lipinski definition) is 3. The van der Waals surface area contributed by atoms with E-state index < -0.39 is 0 Å². The minimum absolute atomic E-state index is 0.126. The molecule has 1 N–H and O–H groups in total. The molecule has 0 amide bonds. The molecule has 0 aromatic heterocycles. The Morgan fingerprint density at radius 3 is 2.80 bits per heavy atom. The molecule has 25 heavy (non-hydrogen) atoms. The van der Waals surface area contributed by atoms with Gasteiger partial charge in [0.05, 0.1) is 18.2 Å². The van der Waals surface area contributed by atoms with E-state index in [9.17, 15) is 9.18 Å². The topological polar surface area (TPSA) is 38.3 Å². The van der Waals surface area contributed by atoms with Gasteiger partial charge in [-0.2, -0.15) is 0 Å². The summed E-state index contributed by atoms with van der Waals surface area (Å²) in [6.07, 6.45) is 5.37. The first kappa shape index (κ1) is 15.9. The van der Waals surface area contributed by atoms with Gasteiger partial charge in [0.15, 0.2) is 0 Å². The van der Waals surface area contributed by atoms with Crippen molar-refractivity contribution in [3.8, 4) is 0 Å². The maximum absolute atomic E-state index is 13.3. The van der Waals surface area contributed by atoms with Crippen LogP contribution in [0.5, 0.6) is 0 Å². The largest absolute Gasteiger partial charge is 0.462 e. The molecule has 1 heterocycles. The lowest BCUT2D eigenvalue weighted by molar-refractivity contribution is 0.0526. The predicted octanol–water partition coefficient (Wildman–Crippen LogP) is 4.83. The molecule has 0 bridgehead atoms. The van der Waals surface area contributed by atoms with Gasteiger partial charge in [0.25, 0.3) is 0 Å². The van der Waals surface area contributed by atoms with Crippen LogP contribution in [0, 0.1) is 11.7 Å². The van der Waals surface area contributed by atoms with E-state index in [2.05, 4.69) is 17.5 Å². The summed E-state index contributed by atoms with van der Waals surface area (Å²) in [5, 5.41) is 3.59. The zero-order chi connectivity index (χ0) is 17.4. The van der Waals surface area contributed by atoms with Crippen molar-refractivity contribution in [2.24, 2.45) is 5.92 Å². The van der Waals surface area contributed by atoms with Crippen molar-refractivity contribution in [3.05, 3.63) is 77.1 Å². The molecular weight excluding hydrogens is 317 g/mol. The van der Waals surface area contributed by atoms with Crippen LogP contribution in [0.4, 0.5) is 10.1 Å². The molecule has 1 aliphatic carbocycles. The second-order valence-electron chi connectivity index (χ2n) is 6.55. The van der Waals surface area contributed by atoms with Crippen LogP contribution in [0.2, 0.25) is 0 Å². The van der Waals surface area contributed by atoms with E-state index in [0.29, 0.717) is 18.1 Å². The Hall–Kier alpha value is -2.62. The highest BCUT2D eigenvalue weighted by Gasteiger charge is 2.38. The maximum Gasteiger partial charge on any atom is 0.338 e. The van der Waals surface area contributed by atoms with Gasteiger partial charge in [-0.15, -0.1) is 0 Å². The standard InChI is InChI=1S/C21H20FNO2/c1-2-25-21(24)14-8-11-19-18(12-14)16-4-3-5-17(16)20(23-19)13-6-9-15(22)10-7-13/h3-4,6-12,16-17,20,23H,2,5H2,1H3/t16-,17-,20-/m1/s1. The van der Waals surface area contributed by atoms with Crippen molar-refractivity contribution in [1.82, 2.24) is 0 Å². The maximum atomic E-state index is 13.3. The molecular formula is C21H20FNO2. The predicted molar refractivity (Wildman–Crippen MR) is 95.2 cm³/mol. The van der Waals surface area contributed by atoms with E-state index >= 15 is 0 Å². The quantitative estimate of drug-likeness (QED) is 0.644. The Morgan fingerprint density at radius 1 is 1.24 bits per heavy atom. The SMILES string of the molecule is CCOC(=O)c1ccc2c(c1)[C@@H]1C=CC[C@H]1[C@@H](c1ccc(F)cc1)N2. The fourth-order valence-electron chi connectivity index (χ4n) is 3.94. The first-order valence-corrected chi connectivity index (χ1v) is 8.67. The fourth-order valence-corrected chi connectivity index (χ4v) is 3.94. The lowest BCUT2D eigenvalue weighted by Crippen LogP contribution is -2.29. The lowest BCUT2D eigenvalue weighted by atomic mass is 9.76. The van der Waals surface area contributed by atoms with Crippen LogP contribution in [0.3, 0.4) is 0 Å². The van der Waals surface area contributed by atoms with Crippen LogP contribution in [-0.4, -0.2) is 12.6 Å². The number of carbonyl (C=O) groups excluding carboxylic acids is 1. The van der Waals surface area contributed by atoms with E-state index in [1.807, 2.05) is 24.3 Å². The fraction of sp³-hybridized carbons (Fsp3) is 0.286. The molecule has 0 unspecified atom stereocenters. The molecule has 3 nitrogen and oxygen atoms in total. The number of halogens is 1. The van der Waals surface area contributed by atoms with Crippen molar-refractivity contribution in [3.63, 3.8) is 0 Å². The molecule has 0 radical (unpaired) electrons. The van der Waals surface area contributed by atoms with Crippen molar-refractivity contribution in [2.75, 3.05) is 11.9 Å². The molecule has 0 saturated heterocycles. The number of anilines is 1. The summed E-state index contributed by atoms with van der Waals surface area (Å²) in [4.78, 5) is 12.0. The highest BCUT2D eigenvalue weighted by molar-refractivity contribution is 5.90. The summed E-state index contributed by atoms with van der Waals surface area (Å²) in [5.74, 6) is 0.0979. The highest BCUT2D eigenvalue weighted by Crippen LogP contribution is 2.49. The average Bonchev–Trinajstić information content (AvgIpc) is 3.11. The van der Waals surface area contributed by atoms with E-state index in [4.69, 9.17) is 4.74 Å². The van der Waals surface area contributed by atoms with Crippen LogP contribution >= 0.6 is 0 Å². The van der Waals surface area contributed by atoms with Gasteiger partial charge in [-0.3, -0.25) is 0 Å².